The normalized spacial score (nSPS) is 20.9. The highest BCUT2D eigenvalue weighted by Gasteiger charge is 2.46. The predicted molar refractivity (Wildman–Crippen MR) is 124 cm³/mol. The number of amides is 1. The molecule has 1 saturated heterocycles. The molecule has 34 heavy (non-hydrogen) atoms. The number of furan rings is 1. The molecule has 174 valence electrons. The van der Waals surface area contributed by atoms with Crippen LogP contribution in [0.2, 0.25) is 0 Å². The number of rotatable bonds is 6. The van der Waals surface area contributed by atoms with E-state index in [0.717, 1.165) is 11.3 Å². The first-order valence-corrected chi connectivity index (χ1v) is 11.3. The van der Waals surface area contributed by atoms with Crippen molar-refractivity contribution in [3.05, 3.63) is 88.9 Å². The number of nitrogens with zero attached hydrogens (tertiary/aromatic N) is 1. The van der Waals surface area contributed by atoms with Crippen LogP contribution in [0, 0.1) is 0 Å². The largest absolute Gasteiger partial charge is 0.507 e. The summed E-state index contributed by atoms with van der Waals surface area (Å²) in [5.74, 6) is 0.283. The van der Waals surface area contributed by atoms with Gasteiger partial charge in [-0.05, 0) is 67.4 Å². The lowest BCUT2D eigenvalue weighted by atomic mass is 9.94. The fourth-order valence-electron chi connectivity index (χ4n) is 4.63. The third-order valence-electron chi connectivity index (χ3n) is 6.10. The van der Waals surface area contributed by atoms with Crippen molar-refractivity contribution in [2.24, 2.45) is 0 Å². The molecule has 0 saturated carbocycles. The molecule has 3 heterocycles. The number of Topliss-reactive ketones (excluding diaryl/α,β-unsaturated/α-hetero) is 1. The summed E-state index contributed by atoms with van der Waals surface area (Å²) >= 11 is 0. The van der Waals surface area contributed by atoms with Crippen LogP contribution in [-0.2, 0) is 22.6 Å². The first kappa shape index (κ1) is 21.8. The van der Waals surface area contributed by atoms with Gasteiger partial charge in [-0.25, -0.2) is 0 Å². The lowest BCUT2D eigenvalue weighted by molar-refractivity contribution is -0.140. The quantitative estimate of drug-likeness (QED) is 0.329. The van der Waals surface area contributed by atoms with Gasteiger partial charge in [-0.15, -0.1) is 0 Å². The van der Waals surface area contributed by atoms with E-state index in [0.29, 0.717) is 35.7 Å². The second kappa shape index (κ2) is 8.74. The van der Waals surface area contributed by atoms with Crippen LogP contribution in [0.5, 0.6) is 11.5 Å². The zero-order valence-electron chi connectivity index (χ0n) is 19.0. The van der Waals surface area contributed by atoms with Crippen LogP contribution >= 0.6 is 0 Å². The monoisotopic (exact) mass is 459 g/mol. The van der Waals surface area contributed by atoms with Crippen LogP contribution in [0.4, 0.5) is 0 Å². The SMILES string of the molecule is CCOc1cccc([C@H]2/C(=C(\O)c3ccc4c(c3)C[C@@H](C)O4)C(=O)C(=O)N2Cc2ccco2)c1. The maximum absolute atomic E-state index is 13.2. The number of likely N-dealkylation sites (tertiary alicyclic amines) is 1. The van der Waals surface area contributed by atoms with Crippen LogP contribution in [0.25, 0.3) is 5.76 Å². The minimum Gasteiger partial charge on any atom is -0.507 e. The number of carbonyl (C=O) groups is 2. The Kier molecular flexibility index (Phi) is 5.61. The van der Waals surface area contributed by atoms with Crippen LogP contribution in [0.15, 0.2) is 70.9 Å². The molecule has 1 fully saturated rings. The third-order valence-corrected chi connectivity index (χ3v) is 6.10. The molecule has 2 aromatic carbocycles. The number of fused-ring (bicyclic) bond motifs is 1. The first-order valence-electron chi connectivity index (χ1n) is 11.3. The first-order chi connectivity index (χ1) is 16.5. The second-order valence-electron chi connectivity index (χ2n) is 8.47. The van der Waals surface area contributed by atoms with E-state index in [1.165, 1.54) is 11.2 Å². The zero-order chi connectivity index (χ0) is 23.8. The van der Waals surface area contributed by atoms with Crippen molar-refractivity contribution in [1.82, 2.24) is 4.90 Å². The lowest BCUT2D eigenvalue weighted by Gasteiger charge is -2.25. The van der Waals surface area contributed by atoms with Gasteiger partial charge in [0.25, 0.3) is 11.7 Å². The van der Waals surface area contributed by atoms with Gasteiger partial charge in [-0.2, -0.15) is 0 Å². The Hall–Kier alpha value is -4.00. The molecule has 2 aliphatic heterocycles. The maximum Gasteiger partial charge on any atom is 0.296 e. The van der Waals surface area contributed by atoms with E-state index >= 15 is 0 Å². The summed E-state index contributed by atoms with van der Waals surface area (Å²) in [6.45, 7) is 4.43. The summed E-state index contributed by atoms with van der Waals surface area (Å²) in [5, 5.41) is 11.3. The van der Waals surface area contributed by atoms with E-state index < -0.39 is 17.7 Å². The van der Waals surface area contributed by atoms with Gasteiger partial charge in [0, 0.05) is 12.0 Å². The molecule has 1 amide bonds. The Morgan fingerprint density at radius 2 is 2.00 bits per heavy atom. The van der Waals surface area contributed by atoms with E-state index in [4.69, 9.17) is 13.9 Å². The van der Waals surface area contributed by atoms with Crippen molar-refractivity contribution in [2.75, 3.05) is 6.61 Å². The third kappa shape index (κ3) is 3.83. The van der Waals surface area contributed by atoms with Crippen molar-refractivity contribution < 1.29 is 28.6 Å². The summed E-state index contributed by atoms with van der Waals surface area (Å²) in [6, 6.07) is 15.2. The summed E-state index contributed by atoms with van der Waals surface area (Å²) in [6.07, 6.45) is 2.28. The topological polar surface area (TPSA) is 89.2 Å². The van der Waals surface area contributed by atoms with Gasteiger partial charge >= 0.3 is 0 Å². The van der Waals surface area contributed by atoms with E-state index in [1.54, 1.807) is 30.3 Å². The van der Waals surface area contributed by atoms with E-state index in [2.05, 4.69) is 0 Å². The maximum atomic E-state index is 13.2. The summed E-state index contributed by atoms with van der Waals surface area (Å²) in [7, 11) is 0. The van der Waals surface area contributed by atoms with Crippen molar-refractivity contribution in [1.29, 1.82) is 0 Å². The van der Waals surface area contributed by atoms with E-state index in [-0.39, 0.29) is 24.0 Å². The highest BCUT2D eigenvalue weighted by molar-refractivity contribution is 6.46. The van der Waals surface area contributed by atoms with E-state index in [1.807, 2.05) is 38.1 Å². The molecule has 7 heteroatoms. The predicted octanol–water partition coefficient (Wildman–Crippen LogP) is 4.62. The van der Waals surface area contributed by atoms with Gasteiger partial charge in [0.1, 0.15) is 29.1 Å². The molecule has 0 unspecified atom stereocenters. The highest BCUT2D eigenvalue weighted by Crippen LogP contribution is 2.42. The molecule has 2 aliphatic rings. The Balaban J connectivity index is 1.63. The summed E-state index contributed by atoms with van der Waals surface area (Å²) in [4.78, 5) is 27.8. The molecule has 1 aromatic heterocycles. The number of aliphatic hydroxyl groups is 1. The highest BCUT2D eigenvalue weighted by atomic mass is 16.5. The van der Waals surface area contributed by atoms with E-state index in [9.17, 15) is 14.7 Å². The number of carbonyl (C=O) groups excluding carboxylic acids is 2. The van der Waals surface area contributed by atoms with Crippen LogP contribution < -0.4 is 9.47 Å². The molecule has 0 radical (unpaired) electrons. The van der Waals surface area contributed by atoms with Gasteiger partial charge in [0.2, 0.25) is 0 Å². The minimum atomic E-state index is -0.797. The number of ketones is 1. The van der Waals surface area contributed by atoms with Crippen LogP contribution in [0.3, 0.4) is 0 Å². The molecule has 2 atom stereocenters. The fourth-order valence-corrected chi connectivity index (χ4v) is 4.63. The lowest BCUT2D eigenvalue weighted by Crippen LogP contribution is -2.29. The average molecular weight is 459 g/mol. The fraction of sp³-hybridized carbons (Fsp3) is 0.259. The Morgan fingerprint density at radius 1 is 1.15 bits per heavy atom. The van der Waals surface area contributed by atoms with Crippen molar-refractivity contribution in [2.45, 2.75) is 39.0 Å². The Bertz CT molecular complexity index is 1280. The minimum absolute atomic E-state index is 0.0390. The number of ether oxygens (including phenoxy) is 2. The Morgan fingerprint density at radius 3 is 2.76 bits per heavy atom. The van der Waals surface area contributed by atoms with Gasteiger partial charge < -0.3 is 23.9 Å². The van der Waals surface area contributed by atoms with Gasteiger partial charge in [0.05, 0.1) is 31.0 Å². The number of aliphatic hydroxyl groups excluding tert-OH is 1. The molecule has 5 rings (SSSR count). The molecular weight excluding hydrogens is 434 g/mol. The smallest absolute Gasteiger partial charge is 0.296 e. The average Bonchev–Trinajstić information content (AvgIpc) is 3.53. The molecule has 3 aromatic rings. The zero-order valence-corrected chi connectivity index (χ0v) is 19.0. The number of hydrogen-bond donors (Lipinski definition) is 1. The van der Waals surface area contributed by atoms with Gasteiger partial charge in [0.15, 0.2) is 0 Å². The molecule has 0 spiro atoms. The van der Waals surface area contributed by atoms with Gasteiger partial charge in [-0.1, -0.05) is 12.1 Å². The standard InChI is InChI=1S/C27H25NO6/c1-3-32-20-7-4-6-17(14-20)24-23(26(30)27(31)28(24)15-21-8-5-11-33-21)25(29)18-9-10-22-19(13-18)12-16(2)34-22/h4-11,13-14,16,24,29H,3,12,15H2,1-2H3/b25-23+/t16-,24+/m1/s1. The molecule has 7 nitrogen and oxygen atoms in total. The van der Waals surface area contributed by atoms with Crippen LogP contribution in [-0.4, -0.2) is 34.4 Å². The van der Waals surface area contributed by atoms with Crippen molar-refractivity contribution >= 4 is 17.4 Å². The number of hydrogen-bond acceptors (Lipinski definition) is 6. The second-order valence-corrected chi connectivity index (χ2v) is 8.47. The Labute approximate surface area is 197 Å². The molecule has 0 aliphatic carbocycles. The van der Waals surface area contributed by atoms with Crippen molar-refractivity contribution in [3.63, 3.8) is 0 Å². The summed E-state index contributed by atoms with van der Waals surface area (Å²) in [5.41, 5.74) is 2.13. The van der Waals surface area contributed by atoms with Crippen molar-refractivity contribution in [3.8, 4) is 11.5 Å². The summed E-state index contributed by atoms with van der Waals surface area (Å²) < 4.78 is 16.8. The van der Waals surface area contributed by atoms with Gasteiger partial charge in [-0.3, -0.25) is 9.59 Å². The molecular formula is C27H25NO6. The number of benzene rings is 2. The molecule has 1 N–H and O–H groups in total. The van der Waals surface area contributed by atoms with Crippen LogP contribution in [0.1, 0.15) is 42.3 Å². The molecule has 0 bridgehead atoms.